The average Bonchev–Trinajstić information content (AvgIpc) is 2.61. The van der Waals surface area contributed by atoms with Gasteiger partial charge < -0.3 is 19.9 Å². The molecule has 0 saturated heterocycles. The molecule has 1 amide bonds. The van der Waals surface area contributed by atoms with Gasteiger partial charge >= 0.3 is 6.09 Å². The number of rotatable bonds is 4. The van der Waals surface area contributed by atoms with Gasteiger partial charge in [-0.15, -0.1) is 0 Å². The quantitative estimate of drug-likeness (QED) is 0.910. The molecule has 5 heteroatoms. The standard InChI is InChI=1S/C18H19NO4/c20-11-14-6-7-17-15(10-14)16(8-9-22-17)19-18(21)23-12-13-4-2-1-3-5-13/h1-7,10,16,20H,8-9,11-12H2,(H,19,21). The Bertz CT molecular complexity index is 672. The monoisotopic (exact) mass is 313 g/mol. The van der Waals surface area contributed by atoms with Gasteiger partial charge in [0.05, 0.1) is 19.3 Å². The van der Waals surface area contributed by atoms with Crippen LogP contribution in [0.5, 0.6) is 5.75 Å². The lowest BCUT2D eigenvalue weighted by atomic mass is 9.98. The van der Waals surface area contributed by atoms with Crippen molar-refractivity contribution in [1.29, 1.82) is 0 Å². The van der Waals surface area contributed by atoms with E-state index in [1.54, 1.807) is 0 Å². The summed E-state index contributed by atoms with van der Waals surface area (Å²) in [5.74, 6) is 0.738. The van der Waals surface area contributed by atoms with Crippen molar-refractivity contribution in [1.82, 2.24) is 5.32 Å². The number of amides is 1. The van der Waals surface area contributed by atoms with Crippen molar-refractivity contribution in [3.8, 4) is 5.75 Å². The van der Waals surface area contributed by atoms with Crippen LogP contribution in [0.3, 0.4) is 0 Å². The maximum atomic E-state index is 12.0. The van der Waals surface area contributed by atoms with Crippen molar-refractivity contribution in [3.63, 3.8) is 0 Å². The lowest BCUT2D eigenvalue weighted by molar-refractivity contribution is 0.131. The van der Waals surface area contributed by atoms with Gasteiger partial charge in [-0.25, -0.2) is 4.79 Å². The van der Waals surface area contributed by atoms with Gasteiger partial charge in [-0.05, 0) is 23.3 Å². The predicted octanol–water partition coefficient (Wildman–Crippen LogP) is 2.93. The lowest BCUT2D eigenvalue weighted by Crippen LogP contribution is -2.32. The highest BCUT2D eigenvalue weighted by Gasteiger charge is 2.23. The fourth-order valence-electron chi connectivity index (χ4n) is 2.60. The number of benzene rings is 2. The maximum absolute atomic E-state index is 12.0. The third kappa shape index (κ3) is 3.81. The van der Waals surface area contributed by atoms with Gasteiger partial charge in [-0.2, -0.15) is 0 Å². The zero-order chi connectivity index (χ0) is 16.1. The third-order valence-electron chi connectivity index (χ3n) is 3.80. The minimum absolute atomic E-state index is 0.0432. The molecular formula is C18H19NO4. The molecule has 1 aliphatic heterocycles. The van der Waals surface area contributed by atoms with Crippen LogP contribution in [0.25, 0.3) is 0 Å². The molecule has 0 aliphatic carbocycles. The Morgan fingerprint density at radius 2 is 2.04 bits per heavy atom. The number of alkyl carbamates (subject to hydrolysis) is 1. The maximum Gasteiger partial charge on any atom is 0.407 e. The Labute approximate surface area is 134 Å². The molecule has 1 aliphatic rings. The van der Waals surface area contributed by atoms with E-state index in [4.69, 9.17) is 9.47 Å². The van der Waals surface area contributed by atoms with Gasteiger partial charge in [-0.3, -0.25) is 0 Å². The van der Waals surface area contributed by atoms with E-state index in [9.17, 15) is 9.90 Å². The van der Waals surface area contributed by atoms with Crippen molar-refractivity contribution in [2.75, 3.05) is 6.61 Å². The first kappa shape index (κ1) is 15.4. The van der Waals surface area contributed by atoms with Crippen LogP contribution in [0.1, 0.15) is 29.2 Å². The summed E-state index contributed by atoms with van der Waals surface area (Å²) in [5, 5.41) is 12.1. The first-order valence-corrected chi connectivity index (χ1v) is 7.60. The van der Waals surface area contributed by atoms with Crippen LogP contribution in [0.4, 0.5) is 4.79 Å². The second-order valence-electron chi connectivity index (χ2n) is 5.43. The lowest BCUT2D eigenvalue weighted by Gasteiger charge is -2.27. The topological polar surface area (TPSA) is 67.8 Å². The number of fused-ring (bicyclic) bond motifs is 1. The number of aliphatic hydroxyl groups excluding tert-OH is 1. The SMILES string of the molecule is O=C(NC1CCOc2ccc(CO)cc21)OCc1ccccc1. The Morgan fingerprint density at radius 3 is 2.83 bits per heavy atom. The number of hydrogen-bond acceptors (Lipinski definition) is 4. The molecule has 0 fully saturated rings. The summed E-state index contributed by atoms with van der Waals surface area (Å²) in [4.78, 5) is 12.0. The smallest absolute Gasteiger partial charge is 0.407 e. The van der Waals surface area contributed by atoms with Crippen molar-refractivity contribution in [2.24, 2.45) is 0 Å². The van der Waals surface area contributed by atoms with Crippen LogP contribution in [-0.2, 0) is 18.0 Å². The van der Waals surface area contributed by atoms with E-state index in [-0.39, 0.29) is 19.3 Å². The molecule has 0 bridgehead atoms. The summed E-state index contributed by atoms with van der Waals surface area (Å²) in [7, 11) is 0. The van der Waals surface area contributed by atoms with E-state index in [2.05, 4.69) is 5.32 Å². The molecule has 1 unspecified atom stereocenters. The summed E-state index contributed by atoms with van der Waals surface area (Å²) < 4.78 is 10.9. The van der Waals surface area contributed by atoms with Gasteiger partial charge in [-0.1, -0.05) is 36.4 Å². The molecule has 5 nitrogen and oxygen atoms in total. The molecule has 0 saturated carbocycles. The Kier molecular flexibility index (Phi) is 4.78. The average molecular weight is 313 g/mol. The molecule has 23 heavy (non-hydrogen) atoms. The molecule has 2 aromatic carbocycles. The number of nitrogens with one attached hydrogen (secondary N) is 1. The van der Waals surface area contributed by atoms with E-state index < -0.39 is 6.09 Å². The largest absolute Gasteiger partial charge is 0.493 e. The summed E-state index contributed by atoms with van der Waals surface area (Å²) >= 11 is 0. The highest BCUT2D eigenvalue weighted by atomic mass is 16.5. The van der Waals surface area contributed by atoms with Crippen LogP contribution < -0.4 is 10.1 Å². The Morgan fingerprint density at radius 1 is 1.22 bits per heavy atom. The second kappa shape index (κ2) is 7.15. The van der Waals surface area contributed by atoms with Crippen LogP contribution >= 0.6 is 0 Å². The van der Waals surface area contributed by atoms with Gasteiger partial charge in [0, 0.05) is 12.0 Å². The fourth-order valence-corrected chi connectivity index (χ4v) is 2.60. The third-order valence-corrected chi connectivity index (χ3v) is 3.80. The zero-order valence-corrected chi connectivity index (χ0v) is 12.7. The number of carbonyl (C=O) groups is 1. The fraction of sp³-hybridized carbons (Fsp3) is 0.278. The molecule has 0 radical (unpaired) electrons. The zero-order valence-electron chi connectivity index (χ0n) is 12.7. The summed E-state index contributed by atoms with van der Waals surface area (Å²) in [5.41, 5.74) is 2.61. The molecule has 2 aromatic rings. The van der Waals surface area contributed by atoms with E-state index in [0.717, 1.165) is 22.4 Å². The van der Waals surface area contributed by atoms with Crippen molar-refractivity contribution in [2.45, 2.75) is 25.7 Å². The van der Waals surface area contributed by atoms with Crippen molar-refractivity contribution < 1.29 is 19.4 Å². The Balaban J connectivity index is 1.63. The number of ether oxygens (including phenoxy) is 2. The summed E-state index contributed by atoms with van der Waals surface area (Å²) in [6.07, 6.45) is 0.212. The molecule has 120 valence electrons. The molecule has 2 N–H and O–H groups in total. The van der Waals surface area contributed by atoms with Gasteiger partial charge in [0.1, 0.15) is 12.4 Å². The van der Waals surface area contributed by atoms with Crippen LogP contribution in [0.2, 0.25) is 0 Å². The summed E-state index contributed by atoms with van der Waals surface area (Å²) in [6, 6.07) is 14.9. The predicted molar refractivity (Wildman–Crippen MR) is 85.0 cm³/mol. The van der Waals surface area contributed by atoms with Crippen LogP contribution in [-0.4, -0.2) is 17.8 Å². The van der Waals surface area contributed by atoms with E-state index in [1.807, 2.05) is 48.5 Å². The number of aliphatic hydroxyl groups is 1. The highest BCUT2D eigenvalue weighted by Crippen LogP contribution is 2.32. The van der Waals surface area contributed by atoms with Gasteiger partial charge in [0.2, 0.25) is 0 Å². The molecule has 1 atom stereocenters. The second-order valence-corrected chi connectivity index (χ2v) is 5.43. The summed E-state index contributed by atoms with van der Waals surface area (Å²) in [6.45, 7) is 0.729. The normalized spacial score (nSPS) is 16.1. The molecular weight excluding hydrogens is 294 g/mol. The Hall–Kier alpha value is -2.53. The molecule has 0 spiro atoms. The van der Waals surface area contributed by atoms with Crippen molar-refractivity contribution in [3.05, 3.63) is 65.2 Å². The van der Waals surface area contributed by atoms with E-state index in [0.29, 0.717) is 13.0 Å². The number of carbonyl (C=O) groups excluding carboxylic acids is 1. The molecule has 0 aromatic heterocycles. The minimum atomic E-state index is -0.457. The first-order chi connectivity index (χ1) is 11.3. The van der Waals surface area contributed by atoms with Gasteiger partial charge in [0.25, 0.3) is 0 Å². The van der Waals surface area contributed by atoms with E-state index >= 15 is 0 Å². The van der Waals surface area contributed by atoms with Crippen LogP contribution in [0.15, 0.2) is 48.5 Å². The van der Waals surface area contributed by atoms with Crippen LogP contribution in [0, 0.1) is 0 Å². The molecule has 3 rings (SSSR count). The van der Waals surface area contributed by atoms with Crippen molar-refractivity contribution >= 4 is 6.09 Å². The minimum Gasteiger partial charge on any atom is -0.493 e. The molecule has 1 heterocycles. The first-order valence-electron chi connectivity index (χ1n) is 7.60. The number of hydrogen-bond donors (Lipinski definition) is 2. The van der Waals surface area contributed by atoms with E-state index in [1.165, 1.54) is 0 Å². The van der Waals surface area contributed by atoms with Gasteiger partial charge in [0.15, 0.2) is 0 Å². The highest BCUT2D eigenvalue weighted by molar-refractivity contribution is 5.68.